The third kappa shape index (κ3) is 2.47. The van der Waals surface area contributed by atoms with Crippen molar-refractivity contribution in [2.75, 3.05) is 0 Å². The molecule has 3 rings (SSSR count). The molecule has 0 aliphatic heterocycles. The predicted molar refractivity (Wildman–Crippen MR) is 86.2 cm³/mol. The van der Waals surface area contributed by atoms with Gasteiger partial charge in [-0.25, -0.2) is 0 Å². The van der Waals surface area contributed by atoms with E-state index in [1.807, 2.05) is 31.2 Å². The van der Waals surface area contributed by atoms with Crippen molar-refractivity contribution in [3.8, 4) is 11.5 Å². The first-order valence-corrected chi connectivity index (χ1v) is 8.26. The number of benzene rings is 3. The summed E-state index contributed by atoms with van der Waals surface area (Å²) >= 11 is 0. The highest BCUT2D eigenvalue weighted by atomic mass is 32.2. The van der Waals surface area contributed by atoms with E-state index in [0.29, 0.717) is 6.42 Å². The molecule has 0 amide bonds. The zero-order valence-electron chi connectivity index (χ0n) is 11.9. The van der Waals surface area contributed by atoms with E-state index < -0.39 is 10.3 Å². The second-order valence-electron chi connectivity index (χ2n) is 5.01. The summed E-state index contributed by atoms with van der Waals surface area (Å²) in [4.78, 5) is 0. The average Bonchev–Trinajstić information content (AvgIpc) is 2.46. The largest absolute Gasteiger partial charge is 0.507 e. The second-order valence-corrected chi connectivity index (χ2v) is 6.16. The first-order valence-electron chi connectivity index (χ1n) is 6.79. The second kappa shape index (κ2) is 5.15. The molecule has 0 aliphatic rings. The normalized spacial score (nSPS) is 11.9. The topological polar surface area (TPSA) is 89.6 Å². The van der Waals surface area contributed by atoms with Gasteiger partial charge in [0.25, 0.3) is 0 Å². The van der Waals surface area contributed by atoms with Gasteiger partial charge in [-0.05, 0) is 40.8 Å². The molecule has 0 aromatic heterocycles. The number of hydrogen-bond acceptors (Lipinski definition) is 4. The van der Waals surface area contributed by atoms with E-state index in [-0.39, 0.29) is 11.5 Å². The fourth-order valence-electron chi connectivity index (χ4n) is 2.77. The molecule has 0 fully saturated rings. The van der Waals surface area contributed by atoms with Gasteiger partial charge in [0.1, 0.15) is 11.5 Å². The lowest BCUT2D eigenvalue weighted by Crippen LogP contribution is -2.18. The summed E-state index contributed by atoms with van der Waals surface area (Å²) < 4.78 is 26.9. The Morgan fingerprint density at radius 3 is 2.32 bits per heavy atom. The van der Waals surface area contributed by atoms with Crippen LogP contribution in [0.4, 0.5) is 0 Å². The van der Waals surface area contributed by atoms with E-state index in [9.17, 15) is 13.5 Å². The van der Waals surface area contributed by atoms with Crippen LogP contribution in [0.5, 0.6) is 11.5 Å². The minimum Gasteiger partial charge on any atom is -0.507 e. The Morgan fingerprint density at radius 2 is 1.68 bits per heavy atom. The van der Waals surface area contributed by atoms with Gasteiger partial charge in [-0.1, -0.05) is 31.2 Å². The molecule has 0 saturated heterocycles. The quantitative estimate of drug-likeness (QED) is 0.727. The van der Waals surface area contributed by atoms with Gasteiger partial charge in [0.2, 0.25) is 0 Å². The number of phenolic OH excluding ortho intramolecular Hbond substituents is 1. The van der Waals surface area contributed by atoms with Crippen molar-refractivity contribution in [3.63, 3.8) is 0 Å². The maximum atomic E-state index is 11.1. The van der Waals surface area contributed by atoms with E-state index in [0.717, 1.165) is 27.1 Å². The van der Waals surface area contributed by atoms with Crippen LogP contribution in [0.3, 0.4) is 0 Å². The van der Waals surface area contributed by atoms with Crippen molar-refractivity contribution in [2.45, 2.75) is 13.3 Å². The van der Waals surface area contributed by atoms with E-state index in [1.54, 1.807) is 18.2 Å². The molecule has 0 aliphatic carbocycles. The molecule has 6 heteroatoms. The van der Waals surface area contributed by atoms with Crippen LogP contribution < -0.4 is 9.32 Å². The van der Waals surface area contributed by atoms with Gasteiger partial charge in [-0.3, -0.25) is 0 Å². The van der Waals surface area contributed by atoms with Crippen molar-refractivity contribution >= 4 is 31.8 Å². The van der Waals surface area contributed by atoms with E-state index in [4.69, 9.17) is 9.32 Å². The molecule has 0 atom stereocenters. The van der Waals surface area contributed by atoms with Gasteiger partial charge in [0, 0.05) is 10.9 Å². The summed E-state index contributed by atoms with van der Waals surface area (Å²) in [6.07, 6.45) is 0.603. The van der Waals surface area contributed by atoms with Crippen molar-refractivity contribution in [1.82, 2.24) is 0 Å². The number of nitrogens with two attached hydrogens (primary N) is 1. The maximum absolute atomic E-state index is 11.1. The van der Waals surface area contributed by atoms with Crippen LogP contribution in [0.2, 0.25) is 0 Å². The number of aryl methyl sites for hydroxylation is 1. The molecule has 0 heterocycles. The zero-order chi connectivity index (χ0) is 15.9. The van der Waals surface area contributed by atoms with Gasteiger partial charge in [0.15, 0.2) is 0 Å². The summed E-state index contributed by atoms with van der Waals surface area (Å²) in [6, 6.07) is 12.4. The highest BCUT2D eigenvalue weighted by Crippen LogP contribution is 2.38. The third-order valence-electron chi connectivity index (χ3n) is 3.64. The van der Waals surface area contributed by atoms with Crippen LogP contribution >= 0.6 is 0 Å². The van der Waals surface area contributed by atoms with Crippen molar-refractivity contribution in [2.24, 2.45) is 5.14 Å². The predicted octanol–water partition coefficient (Wildman–Crippen LogP) is 2.84. The number of fused-ring (bicyclic) bond motifs is 3. The van der Waals surface area contributed by atoms with Gasteiger partial charge >= 0.3 is 10.3 Å². The molecule has 3 N–H and O–H groups in total. The van der Waals surface area contributed by atoms with E-state index in [2.05, 4.69) is 0 Å². The molecule has 5 nitrogen and oxygen atoms in total. The molecule has 22 heavy (non-hydrogen) atoms. The Kier molecular flexibility index (Phi) is 3.42. The minimum absolute atomic E-state index is 0.124. The van der Waals surface area contributed by atoms with Crippen molar-refractivity contribution in [1.29, 1.82) is 0 Å². The highest BCUT2D eigenvalue weighted by Gasteiger charge is 2.14. The molecule has 0 unspecified atom stereocenters. The fraction of sp³-hybridized carbons (Fsp3) is 0.125. The minimum atomic E-state index is -4.08. The standard InChI is InChI=1S/C16H15NO4S/c1-2-11-15-9-10(21-22(17,19)20)7-8-13(15)12-5-3-4-6-14(12)16(11)18/h3-9,18H,2H2,1H3,(H2,17,19,20). The summed E-state index contributed by atoms with van der Waals surface area (Å²) in [6.45, 7) is 1.93. The number of rotatable bonds is 3. The smallest absolute Gasteiger partial charge is 0.380 e. The van der Waals surface area contributed by atoms with E-state index in [1.165, 1.54) is 0 Å². The SMILES string of the molecule is CCc1c(O)c2ccccc2c2ccc(OS(N)(=O)=O)cc12. The fourth-order valence-corrected chi connectivity index (χ4v) is 3.14. The van der Waals surface area contributed by atoms with Crippen LogP contribution in [0.1, 0.15) is 12.5 Å². The van der Waals surface area contributed by atoms with E-state index >= 15 is 0 Å². The van der Waals surface area contributed by atoms with Gasteiger partial charge in [-0.2, -0.15) is 13.6 Å². The summed E-state index contributed by atoms with van der Waals surface area (Å²) in [5.74, 6) is 0.331. The summed E-state index contributed by atoms with van der Waals surface area (Å²) in [7, 11) is -4.08. The molecule has 3 aromatic rings. The van der Waals surface area contributed by atoms with Crippen LogP contribution in [0.15, 0.2) is 42.5 Å². The van der Waals surface area contributed by atoms with Gasteiger partial charge in [0.05, 0.1) is 0 Å². The Hall–Kier alpha value is -2.31. The lowest BCUT2D eigenvalue weighted by atomic mass is 9.94. The summed E-state index contributed by atoms with van der Waals surface area (Å²) in [5.41, 5.74) is 0.744. The molecule has 114 valence electrons. The van der Waals surface area contributed by atoms with Crippen LogP contribution in [-0.2, 0) is 16.7 Å². The number of hydrogen-bond donors (Lipinski definition) is 2. The third-order valence-corrected chi connectivity index (χ3v) is 4.07. The molecular formula is C16H15NO4S. The number of aromatic hydroxyl groups is 1. The molecular weight excluding hydrogens is 302 g/mol. The first kappa shape index (κ1) is 14.6. The Bertz CT molecular complexity index is 980. The molecule has 0 radical (unpaired) electrons. The van der Waals surface area contributed by atoms with Crippen molar-refractivity contribution < 1.29 is 17.7 Å². The van der Waals surface area contributed by atoms with Crippen LogP contribution in [-0.4, -0.2) is 13.5 Å². The Balaban J connectivity index is 2.39. The monoisotopic (exact) mass is 317 g/mol. The zero-order valence-corrected chi connectivity index (χ0v) is 12.7. The average molecular weight is 317 g/mol. The highest BCUT2D eigenvalue weighted by molar-refractivity contribution is 7.84. The van der Waals surface area contributed by atoms with Crippen LogP contribution in [0, 0.1) is 0 Å². The lowest BCUT2D eigenvalue weighted by Gasteiger charge is -2.13. The first-order chi connectivity index (χ1) is 10.4. The molecule has 0 spiro atoms. The molecule has 0 saturated carbocycles. The summed E-state index contributed by atoms with van der Waals surface area (Å²) in [5, 5.41) is 18.7. The lowest BCUT2D eigenvalue weighted by molar-refractivity contribution is 0.476. The van der Waals surface area contributed by atoms with Gasteiger partial charge < -0.3 is 9.29 Å². The molecule has 0 bridgehead atoms. The van der Waals surface area contributed by atoms with Crippen LogP contribution in [0.25, 0.3) is 21.5 Å². The maximum Gasteiger partial charge on any atom is 0.380 e. The Morgan fingerprint density at radius 1 is 1.05 bits per heavy atom. The van der Waals surface area contributed by atoms with Gasteiger partial charge in [-0.15, -0.1) is 0 Å². The van der Waals surface area contributed by atoms with Crippen molar-refractivity contribution in [3.05, 3.63) is 48.0 Å². The molecule has 3 aromatic carbocycles. The number of phenols is 1. The Labute approximate surface area is 128 Å².